The highest BCUT2D eigenvalue weighted by molar-refractivity contribution is 5.93. The number of ketones is 1. The predicted molar refractivity (Wildman–Crippen MR) is 192 cm³/mol. The van der Waals surface area contributed by atoms with E-state index >= 15 is 0 Å². The van der Waals surface area contributed by atoms with Crippen LogP contribution in [-0.4, -0.2) is 81.5 Å². The summed E-state index contributed by atoms with van der Waals surface area (Å²) in [5.41, 5.74) is 0.340. The normalized spacial score (nSPS) is 10.7. The SMILES string of the molecule is COC(=O)CCC(=O)OCCCCCCCCOc1ccc(OCCCCCCCCOC(=O)CCC(C)=O)c(C(=O)OCCCCCCO)c1. The van der Waals surface area contributed by atoms with Crippen LogP contribution in [0.4, 0.5) is 0 Å². The first-order chi connectivity index (χ1) is 24.8. The van der Waals surface area contributed by atoms with Crippen LogP contribution in [0.1, 0.15) is 146 Å². The van der Waals surface area contributed by atoms with E-state index in [1.54, 1.807) is 18.2 Å². The molecule has 51 heavy (non-hydrogen) atoms. The number of hydrogen-bond donors (Lipinski definition) is 1. The molecule has 0 aliphatic heterocycles. The Morgan fingerprint density at radius 1 is 0.529 bits per heavy atom. The summed E-state index contributed by atoms with van der Waals surface area (Å²) in [6.45, 7) is 3.63. The Bertz CT molecular complexity index is 1120. The van der Waals surface area contributed by atoms with E-state index in [1.165, 1.54) is 14.0 Å². The van der Waals surface area contributed by atoms with Crippen molar-refractivity contribution in [1.29, 1.82) is 0 Å². The van der Waals surface area contributed by atoms with Gasteiger partial charge in [-0.1, -0.05) is 57.8 Å². The molecular formula is C39H62O12. The van der Waals surface area contributed by atoms with Gasteiger partial charge in [-0.25, -0.2) is 4.79 Å². The summed E-state index contributed by atoms with van der Waals surface area (Å²) in [6.07, 6.45) is 14.9. The van der Waals surface area contributed by atoms with E-state index in [9.17, 15) is 24.0 Å². The molecular weight excluding hydrogens is 660 g/mol. The first-order valence-electron chi connectivity index (χ1n) is 18.8. The van der Waals surface area contributed by atoms with Crippen LogP contribution in [-0.2, 0) is 38.1 Å². The highest BCUT2D eigenvalue weighted by Crippen LogP contribution is 2.26. The number of ether oxygens (including phenoxy) is 6. The molecule has 1 N–H and O–H groups in total. The second-order valence-electron chi connectivity index (χ2n) is 12.6. The zero-order valence-corrected chi connectivity index (χ0v) is 31.1. The number of carbonyl (C=O) groups is 5. The predicted octanol–water partition coefficient (Wildman–Crippen LogP) is 7.24. The van der Waals surface area contributed by atoms with Crippen molar-refractivity contribution in [2.45, 2.75) is 135 Å². The molecule has 0 aliphatic carbocycles. The Hall–Kier alpha value is -3.67. The number of esters is 4. The fraction of sp³-hybridized carbons (Fsp3) is 0.718. The molecule has 0 saturated heterocycles. The minimum atomic E-state index is -0.450. The summed E-state index contributed by atoms with van der Waals surface area (Å²) >= 11 is 0. The van der Waals surface area contributed by atoms with Crippen molar-refractivity contribution >= 4 is 29.7 Å². The van der Waals surface area contributed by atoms with E-state index in [-0.39, 0.29) is 50.0 Å². The second-order valence-corrected chi connectivity index (χ2v) is 12.6. The average Bonchev–Trinajstić information content (AvgIpc) is 3.12. The van der Waals surface area contributed by atoms with E-state index in [1.807, 2.05) is 0 Å². The number of aliphatic hydroxyl groups excluding tert-OH is 1. The number of rotatable bonds is 33. The van der Waals surface area contributed by atoms with Gasteiger partial charge in [0.1, 0.15) is 22.8 Å². The van der Waals surface area contributed by atoms with Crippen LogP contribution in [0.25, 0.3) is 0 Å². The highest BCUT2D eigenvalue weighted by atomic mass is 16.5. The standard InChI is InChI=1S/C39H62O12/c1-32(41)19-22-37(43)49-28-16-11-6-4-9-15-27-48-35-21-20-33(31-34(35)39(45)51-30-18-12-7-13-25-40)47-26-14-8-3-5-10-17-29-50-38(44)24-23-36(42)46-2/h20-21,31,40H,3-19,22-30H2,1-2H3. The van der Waals surface area contributed by atoms with Gasteiger partial charge in [-0.05, 0) is 70.1 Å². The Kier molecular flexibility index (Phi) is 27.7. The van der Waals surface area contributed by atoms with Gasteiger partial charge in [0.2, 0.25) is 0 Å². The molecule has 1 aromatic carbocycles. The molecule has 0 radical (unpaired) electrons. The zero-order chi connectivity index (χ0) is 37.4. The molecule has 12 nitrogen and oxygen atoms in total. The third kappa shape index (κ3) is 25.9. The lowest BCUT2D eigenvalue weighted by molar-refractivity contribution is -0.149. The molecule has 0 saturated carbocycles. The molecule has 0 aromatic heterocycles. The fourth-order valence-electron chi connectivity index (χ4n) is 4.99. The first kappa shape index (κ1) is 45.4. The Morgan fingerprint density at radius 3 is 1.51 bits per heavy atom. The van der Waals surface area contributed by atoms with Gasteiger partial charge >= 0.3 is 23.9 Å². The van der Waals surface area contributed by atoms with Gasteiger partial charge in [0.15, 0.2) is 0 Å². The molecule has 1 rings (SSSR count). The number of benzene rings is 1. The minimum Gasteiger partial charge on any atom is -0.494 e. The Morgan fingerprint density at radius 2 is 0.980 bits per heavy atom. The summed E-state index contributed by atoms with van der Waals surface area (Å²) in [5.74, 6) is -0.551. The van der Waals surface area contributed by atoms with Crippen LogP contribution in [0.3, 0.4) is 0 Å². The number of hydrogen-bond acceptors (Lipinski definition) is 12. The molecule has 0 bridgehead atoms. The number of carbonyl (C=O) groups excluding carboxylic acids is 5. The van der Waals surface area contributed by atoms with Crippen molar-refractivity contribution in [1.82, 2.24) is 0 Å². The van der Waals surface area contributed by atoms with Crippen molar-refractivity contribution in [3.05, 3.63) is 23.8 Å². The van der Waals surface area contributed by atoms with Crippen molar-refractivity contribution in [2.75, 3.05) is 46.8 Å². The molecule has 0 atom stereocenters. The van der Waals surface area contributed by atoms with Crippen molar-refractivity contribution < 1.29 is 57.5 Å². The Balaban J connectivity index is 2.37. The minimum absolute atomic E-state index is 0.0158. The molecule has 0 amide bonds. The molecule has 0 fully saturated rings. The van der Waals surface area contributed by atoms with Gasteiger partial charge < -0.3 is 38.3 Å². The van der Waals surface area contributed by atoms with Gasteiger partial charge in [-0.3, -0.25) is 14.4 Å². The van der Waals surface area contributed by atoms with E-state index in [0.717, 1.165) is 103 Å². The van der Waals surface area contributed by atoms with Crippen molar-refractivity contribution in [2.24, 2.45) is 0 Å². The first-order valence-corrected chi connectivity index (χ1v) is 18.8. The lowest BCUT2D eigenvalue weighted by Gasteiger charge is -2.14. The van der Waals surface area contributed by atoms with Gasteiger partial charge in [-0.2, -0.15) is 0 Å². The number of aliphatic hydroxyl groups is 1. The van der Waals surface area contributed by atoms with Gasteiger partial charge in [0.05, 0.1) is 59.4 Å². The molecule has 1 aromatic rings. The summed E-state index contributed by atoms with van der Waals surface area (Å²) in [5, 5.41) is 8.96. The van der Waals surface area contributed by atoms with Crippen molar-refractivity contribution in [3.8, 4) is 11.5 Å². The zero-order valence-electron chi connectivity index (χ0n) is 31.1. The maximum atomic E-state index is 13.0. The molecule has 12 heteroatoms. The third-order valence-electron chi connectivity index (χ3n) is 8.03. The van der Waals surface area contributed by atoms with E-state index in [4.69, 9.17) is 28.8 Å². The van der Waals surface area contributed by atoms with E-state index < -0.39 is 11.9 Å². The number of methoxy groups -OCH3 is 1. The summed E-state index contributed by atoms with van der Waals surface area (Å²) < 4.78 is 32.3. The summed E-state index contributed by atoms with van der Waals surface area (Å²) in [4.78, 5) is 58.2. The molecule has 290 valence electrons. The monoisotopic (exact) mass is 722 g/mol. The van der Waals surface area contributed by atoms with E-state index in [2.05, 4.69) is 4.74 Å². The summed E-state index contributed by atoms with van der Waals surface area (Å²) in [7, 11) is 1.29. The largest absolute Gasteiger partial charge is 0.494 e. The van der Waals surface area contributed by atoms with Crippen LogP contribution in [0.2, 0.25) is 0 Å². The van der Waals surface area contributed by atoms with Crippen LogP contribution >= 0.6 is 0 Å². The molecule has 0 heterocycles. The second kappa shape index (κ2) is 31.1. The average molecular weight is 723 g/mol. The number of Topliss-reactive ketones (excluding diaryl/α,β-unsaturated/α-hetero) is 1. The molecule has 0 spiro atoms. The highest BCUT2D eigenvalue weighted by Gasteiger charge is 2.16. The smallest absolute Gasteiger partial charge is 0.342 e. The van der Waals surface area contributed by atoms with Crippen molar-refractivity contribution in [3.63, 3.8) is 0 Å². The van der Waals surface area contributed by atoms with Crippen LogP contribution in [0, 0.1) is 0 Å². The molecule has 0 aliphatic rings. The van der Waals surface area contributed by atoms with Crippen LogP contribution < -0.4 is 9.47 Å². The number of unbranched alkanes of at least 4 members (excludes halogenated alkanes) is 13. The lowest BCUT2D eigenvalue weighted by atomic mass is 10.1. The van der Waals surface area contributed by atoms with Crippen LogP contribution in [0.15, 0.2) is 18.2 Å². The maximum Gasteiger partial charge on any atom is 0.342 e. The summed E-state index contributed by atoms with van der Waals surface area (Å²) in [6, 6.07) is 5.25. The maximum absolute atomic E-state index is 13.0. The van der Waals surface area contributed by atoms with Crippen LogP contribution in [0.5, 0.6) is 11.5 Å². The van der Waals surface area contributed by atoms with E-state index in [0.29, 0.717) is 50.1 Å². The van der Waals surface area contributed by atoms with Gasteiger partial charge in [0.25, 0.3) is 0 Å². The molecule has 0 unspecified atom stereocenters. The lowest BCUT2D eigenvalue weighted by Crippen LogP contribution is -2.10. The Labute approximate surface area is 304 Å². The fourth-order valence-corrected chi connectivity index (χ4v) is 4.99. The van der Waals surface area contributed by atoms with Gasteiger partial charge in [0, 0.05) is 13.0 Å². The van der Waals surface area contributed by atoms with Gasteiger partial charge in [-0.15, -0.1) is 0 Å². The quantitative estimate of drug-likeness (QED) is 0.0441. The topological polar surface area (TPSA) is 161 Å². The third-order valence-corrected chi connectivity index (χ3v) is 8.03.